The molecule has 7 aromatic rings. The third kappa shape index (κ3) is 2.86. The maximum absolute atomic E-state index is 2.45. The summed E-state index contributed by atoms with van der Waals surface area (Å²) in [5.41, 5.74) is 12.0. The van der Waals surface area contributed by atoms with E-state index in [2.05, 4.69) is 136 Å². The Balaban J connectivity index is 1.31. The van der Waals surface area contributed by atoms with Crippen molar-refractivity contribution in [3.8, 4) is 33.4 Å². The molecule has 0 aliphatic heterocycles. The molecule has 0 amide bonds. The lowest BCUT2D eigenvalue weighted by Crippen LogP contribution is -2.15. The number of hydrogen-bond donors (Lipinski definition) is 0. The first-order valence-electron chi connectivity index (χ1n) is 13.5. The van der Waals surface area contributed by atoms with Gasteiger partial charge in [0.25, 0.3) is 0 Å². The number of benzene rings is 7. The minimum Gasteiger partial charge on any atom is -0.0620 e. The van der Waals surface area contributed by atoms with Gasteiger partial charge in [0, 0.05) is 5.41 Å². The molecular weight excluding hydrogens is 456 g/mol. The van der Waals surface area contributed by atoms with Gasteiger partial charge in [0.05, 0.1) is 0 Å². The lowest BCUT2D eigenvalue weighted by molar-refractivity contribution is 0.661. The van der Waals surface area contributed by atoms with Gasteiger partial charge in [-0.3, -0.25) is 0 Å². The van der Waals surface area contributed by atoms with Crippen LogP contribution in [0.5, 0.6) is 0 Å². The zero-order valence-corrected chi connectivity index (χ0v) is 22.0. The Bertz CT molecular complexity index is 2040. The molecule has 0 fully saturated rings. The molecule has 0 aromatic heterocycles. The lowest BCUT2D eigenvalue weighted by atomic mass is 9.80. The SMILES string of the molecule is Cc1ccccc1-c1ccc2c(c1)C(C)(C)c1cc(-c3ccc4ccc5cccc6ccc3c4c56)ccc1-2. The molecule has 180 valence electrons. The van der Waals surface area contributed by atoms with Crippen LogP contribution in [0.4, 0.5) is 0 Å². The summed E-state index contributed by atoms with van der Waals surface area (Å²) in [5, 5.41) is 8.03. The summed E-state index contributed by atoms with van der Waals surface area (Å²) in [6.07, 6.45) is 0. The van der Waals surface area contributed by atoms with E-state index in [0.717, 1.165) is 0 Å². The summed E-state index contributed by atoms with van der Waals surface area (Å²) in [4.78, 5) is 0. The van der Waals surface area contributed by atoms with Gasteiger partial charge >= 0.3 is 0 Å². The highest BCUT2D eigenvalue weighted by Gasteiger charge is 2.36. The zero-order valence-electron chi connectivity index (χ0n) is 22.0. The highest BCUT2D eigenvalue weighted by Crippen LogP contribution is 2.51. The van der Waals surface area contributed by atoms with Crippen LogP contribution < -0.4 is 0 Å². The van der Waals surface area contributed by atoms with Gasteiger partial charge in [-0.2, -0.15) is 0 Å². The Hall–Kier alpha value is -4.42. The van der Waals surface area contributed by atoms with E-state index in [0.29, 0.717) is 0 Å². The van der Waals surface area contributed by atoms with E-state index >= 15 is 0 Å². The predicted octanol–water partition coefficient (Wildman–Crippen LogP) is 10.5. The molecule has 0 atom stereocenters. The molecule has 0 spiro atoms. The van der Waals surface area contributed by atoms with Crippen molar-refractivity contribution in [1.82, 2.24) is 0 Å². The van der Waals surface area contributed by atoms with Crippen molar-refractivity contribution in [2.75, 3.05) is 0 Å². The molecule has 1 aliphatic carbocycles. The van der Waals surface area contributed by atoms with Crippen molar-refractivity contribution in [2.24, 2.45) is 0 Å². The van der Waals surface area contributed by atoms with Gasteiger partial charge in [-0.05, 0) is 101 Å². The average molecular weight is 485 g/mol. The van der Waals surface area contributed by atoms with Gasteiger partial charge in [-0.25, -0.2) is 0 Å². The quantitative estimate of drug-likeness (QED) is 0.214. The molecule has 38 heavy (non-hydrogen) atoms. The fourth-order valence-electron chi connectivity index (χ4n) is 6.96. The maximum atomic E-state index is 2.45. The van der Waals surface area contributed by atoms with Crippen molar-refractivity contribution in [1.29, 1.82) is 0 Å². The Morgan fingerprint density at radius 1 is 0.447 bits per heavy atom. The fraction of sp³-hybridized carbons (Fsp3) is 0.105. The van der Waals surface area contributed by atoms with Crippen LogP contribution in [-0.4, -0.2) is 0 Å². The molecule has 0 bridgehead atoms. The third-order valence-corrected chi connectivity index (χ3v) is 8.97. The Kier molecular flexibility index (Phi) is 4.30. The fourth-order valence-corrected chi connectivity index (χ4v) is 6.96. The van der Waals surface area contributed by atoms with Gasteiger partial charge in [0.2, 0.25) is 0 Å². The highest BCUT2D eigenvalue weighted by atomic mass is 14.4. The molecule has 0 radical (unpaired) electrons. The third-order valence-electron chi connectivity index (χ3n) is 8.97. The van der Waals surface area contributed by atoms with Crippen LogP contribution >= 0.6 is 0 Å². The second kappa shape index (κ2) is 7.55. The van der Waals surface area contributed by atoms with E-state index in [-0.39, 0.29) is 5.41 Å². The molecule has 0 heteroatoms. The normalized spacial score (nSPS) is 13.9. The number of hydrogen-bond acceptors (Lipinski definition) is 0. The average Bonchev–Trinajstić information content (AvgIpc) is 3.17. The van der Waals surface area contributed by atoms with E-state index in [1.165, 1.54) is 82.4 Å². The molecule has 0 N–H and O–H groups in total. The molecule has 0 saturated carbocycles. The molecule has 0 heterocycles. The van der Waals surface area contributed by atoms with Crippen molar-refractivity contribution in [2.45, 2.75) is 26.2 Å². The summed E-state index contributed by atoms with van der Waals surface area (Å²) in [7, 11) is 0. The first kappa shape index (κ1) is 21.6. The van der Waals surface area contributed by atoms with E-state index in [1.54, 1.807) is 0 Å². The summed E-state index contributed by atoms with van der Waals surface area (Å²) < 4.78 is 0. The number of rotatable bonds is 2. The minimum absolute atomic E-state index is 0.0663. The van der Waals surface area contributed by atoms with Gasteiger partial charge in [0.1, 0.15) is 0 Å². The van der Waals surface area contributed by atoms with Gasteiger partial charge in [0.15, 0.2) is 0 Å². The molecule has 1 aliphatic rings. The summed E-state index contributed by atoms with van der Waals surface area (Å²) in [6, 6.07) is 43.2. The molecule has 8 rings (SSSR count). The van der Waals surface area contributed by atoms with Gasteiger partial charge < -0.3 is 0 Å². The standard InChI is InChI=1S/C38H28/c1-23-7-4-5-10-29(23)27-15-18-31-32-19-16-28(22-35(32)38(2,3)34(31)21-27)30-17-13-26-12-11-24-8-6-9-25-14-20-33(30)37(26)36(24)25/h4-22H,1-3H3. The number of aryl methyl sites for hydroxylation is 1. The molecule has 0 saturated heterocycles. The maximum Gasteiger partial charge on any atom is 0.0159 e. The van der Waals surface area contributed by atoms with Crippen LogP contribution in [0.25, 0.3) is 65.7 Å². The van der Waals surface area contributed by atoms with E-state index in [4.69, 9.17) is 0 Å². The first-order valence-corrected chi connectivity index (χ1v) is 13.5. The van der Waals surface area contributed by atoms with Crippen LogP contribution in [0.2, 0.25) is 0 Å². The summed E-state index contributed by atoms with van der Waals surface area (Å²) in [6.45, 7) is 6.96. The van der Waals surface area contributed by atoms with Gasteiger partial charge in [-0.1, -0.05) is 117 Å². The summed E-state index contributed by atoms with van der Waals surface area (Å²) in [5.74, 6) is 0. The minimum atomic E-state index is -0.0663. The van der Waals surface area contributed by atoms with E-state index < -0.39 is 0 Å². The van der Waals surface area contributed by atoms with Crippen LogP contribution in [0.3, 0.4) is 0 Å². The van der Waals surface area contributed by atoms with Crippen LogP contribution in [0, 0.1) is 6.92 Å². The molecule has 0 nitrogen and oxygen atoms in total. The van der Waals surface area contributed by atoms with Gasteiger partial charge in [-0.15, -0.1) is 0 Å². The molecular formula is C38H28. The van der Waals surface area contributed by atoms with E-state index in [1.807, 2.05) is 0 Å². The van der Waals surface area contributed by atoms with Crippen LogP contribution in [0.1, 0.15) is 30.5 Å². The van der Waals surface area contributed by atoms with Crippen molar-refractivity contribution in [3.63, 3.8) is 0 Å². The molecule has 7 aromatic carbocycles. The van der Waals surface area contributed by atoms with Crippen molar-refractivity contribution in [3.05, 3.63) is 132 Å². The predicted molar refractivity (Wildman–Crippen MR) is 163 cm³/mol. The summed E-state index contributed by atoms with van der Waals surface area (Å²) >= 11 is 0. The second-order valence-corrected chi connectivity index (χ2v) is 11.4. The Morgan fingerprint density at radius 3 is 1.68 bits per heavy atom. The number of fused-ring (bicyclic) bond motifs is 3. The lowest BCUT2D eigenvalue weighted by Gasteiger charge is -2.23. The van der Waals surface area contributed by atoms with Crippen molar-refractivity contribution < 1.29 is 0 Å². The smallest absolute Gasteiger partial charge is 0.0159 e. The van der Waals surface area contributed by atoms with Crippen molar-refractivity contribution >= 4 is 32.3 Å². The second-order valence-electron chi connectivity index (χ2n) is 11.4. The Labute approximate surface area is 223 Å². The zero-order chi connectivity index (χ0) is 25.6. The van der Waals surface area contributed by atoms with Crippen LogP contribution in [-0.2, 0) is 5.41 Å². The Morgan fingerprint density at radius 2 is 1.00 bits per heavy atom. The highest BCUT2D eigenvalue weighted by molar-refractivity contribution is 6.25. The largest absolute Gasteiger partial charge is 0.0620 e. The first-order chi connectivity index (χ1) is 18.5. The monoisotopic (exact) mass is 484 g/mol. The topological polar surface area (TPSA) is 0 Å². The van der Waals surface area contributed by atoms with E-state index in [9.17, 15) is 0 Å². The van der Waals surface area contributed by atoms with Crippen LogP contribution in [0.15, 0.2) is 115 Å². The molecule has 0 unspecified atom stereocenters.